The average molecular weight is 328 g/mol. The molecule has 0 saturated carbocycles. The van der Waals surface area contributed by atoms with E-state index in [0.717, 1.165) is 23.2 Å². The Kier molecular flexibility index (Phi) is 7.47. The molecule has 0 aliphatic rings. The fourth-order valence-electron chi connectivity index (χ4n) is 2.54. The van der Waals surface area contributed by atoms with Gasteiger partial charge in [-0.1, -0.05) is 49.5 Å². The number of rotatable bonds is 8. The standard InChI is InChI=1S/C16H26BrNO/c1-5-10-18-16(12(6-2)7-3)14-11-13(17)8-9-15(14)19-4/h8-9,11-12,16,18H,5-7,10H2,1-4H3. The van der Waals surface area contributed by atoms with Gasteiger partial charge >= 0.3 is 0 Å². The van der Waals surface area contributed by atoms with Crippen molar-refractivity contribution in [2.45, 2.75) is 46.1 Å². The summed E-state index contributed by atoms with van der Waals surface area (Å²) >= 11 is 3.57. The summed E-state index contributed by atoms with van der Waals surface area (Å²) in [4.78, 5) is 0. The molecule has 1 rings (SSSR count). The lowest BCUT2D eigenvalue weighted by Gasteiger charge is -2.28. The smallest absolute Gasteiger partial charge is 0.123 e. The number of ether oxygens (including phenoxy) is 1. The summed E-state index contributed by atoms with van der Waals surface area (Å²) in [6.45, 7) is 7.77. The van der Waals surface area contributed by atoms with Crippen molar-refractivity contribution in [1.82, 2.24) is 5.32 Å². The number of hydrogen-bond donors (Lipinski definition) is 1. The highest BCUT2D eigenvalue weighted by atomic mass is 79.9. The molecule has 2 nitrogen and oxygen atoms in total. The molecule has 1 atom stereocenters. The molecular formula is C16H26BrNO. The minimum atomic E-state index is 0.363. The Labute approximate surface area is 126 Å². The van der Waals surface area contributed by atoms with E-state index in [2.05, 4.69) is 48.1 Å². The predicted molar refractivity (Wildman–Crippen MR) is 85.8 cm³/mol. The summed E-state index contributed by atoms with van der Waals surface area (Å²) in [7, 11) is 1.75. The van der Waals surface area contributed by atoms with E-state index in [0.29, 0.717) is 12.0 Å². The third-order valence-electron chi connectivity index (χ3n) is 3.66. The first-order valence-electron chi connectivity index (χ1n) is 7.24. The zero-order valence-electron chi connectivity index (χ0n) is 12.5. The van der Waals surface area contributed by atoms with Crippen LogP contribution in [-0.4, -0.2) is 13.7 Å². The zero-order valence-corrected chi connectivity index (χ0v) is 14.1. The fraction of sp³-hybridized carbons (Fsp3) is 0.625. The molecule has 0 fully saturated rings. The van der Waals surface area contributed by atoms with Gasteiger partial charge in [0.05, 0.1) is 7.11 Å². The first kappa shape index (κ1) is 16.5. The van der Waals surface area contributed by atoms with Crippen molar-refractivity contribution in [2.75, 3.05) is 13.7 Å². The SMILES string of the molecule is CCCNC(c1cc(Br)ccc1OC)C(CC)CC. The molecule has 0 radical (unpaired) electrons. The van der Waals surface area contributed by atoms with Crippen molar-refractivity contribution in [3.63, 3.8) is 0 Å². The molecule has 0 aliphatic carbocycles. The number of hydrogen-bond acceptors (Lipinski definition) is 2. The second-order valence-electron chi connectivity index (χ2n) is 4.89. The van der Waals surface area contributed by atoms with Gasteiger partial charge in [-0.25, -0.2) is 0 Å². The first-order chi connectivity index (χ1) is 9.17. The Morgan fingerprint density at radius 3 is 2.42 bits per heavy atom. The van der Waals surface area contributed by atoms with Gasteiger partial charge in [0.1, 0.15) is 5.75 Å². The Balaban J connectivity index is 3.10. The van der Waals surface area contributed by atoms with Gasteiger partial charge in [-0.3, -0.25) is 0 Å². The molecule has 0 bridgehead atoms. The van der Waals surface area contributed by atoms with E-state index in [4.69, 9.17) is 4.74 Å². The highest BCUT2D eigenvalue weighted by Crippen LogP contribution is 2.35. The number of methoxy groups -OCH3 is 1. The number of nitrogens with one attached hydrogen (secondary N) is 1. The van der Waals surface area contributed by atoms with Gasteiger partial charge < -0.3 is 10.1 Å². The van der Waals surface area contributed by atoms with Crippen LogP contribution in [0.2, 0.25) is 0 Å². The summed E-state index contributed by atoms with van der Waals surface area (Å²) in [6.07, 6.45) is 3.49. The van der Waals surface area contributed by atoms with Gasteiger partial charge in [0.25, 0.3) is 0 Å². The average Bonchev–Trinajstić information content (AvgIpc) is 2.43. The van der Waals surface area contributed by atoms with Crippen LogP contribution in [0.3, 0.4) is 0 Å². The van der Waals surface area contributed by atoms with E-state index in [9.17, 15) is 0 Å². The van der Waals surface area contributed by atoms with Crippen LogP contribution in [0.25, 0.3) is 0 Å². The summed E-state index contributed by atoms with van der Waals surface area (Å²) in [5.74, 6) is 1.61. The highest BCUT2D eigenvalue weighted by molar-refractivity contribution is 9.10. The van der Waals surface area contributed by atoms with Crippen molar-refractivity contribution >= 4 is 15.9 Å². The van der Waals surface area contributed by atoms with E-state index < -0.39 is 0 Å². The Morgan fingerprint density at radius 2 is 1.89 bits per heavy atom. The summed E-state index contributed by atoms with van der Waals surface area (Å²) in [6, 6.07) is 6.63. The Hall–Kier alpha value is -0.540. The lowest BCUT2D eigenvalue weighted by molar-refractivity contribution is 0.325. The van der Waals surface area contributed by atoms with E-state index in [1.165, 1.54) is 18.4 Å². The van der Waals surface area contributed by atoms with E-state index in [1.807, 2.05) is 12.1 Å². The van der Waals surface area contributed by atoms with Gasteiger partial charge in [-0.05, 0) is 37.1 Å². The predicted octanol–water partition coefficient (Wildman–Crippen LogP) is 4.93. The van der Waals surface area contributed by atoms with Gasteiger partial charge in [0.15, 0.2) is 0 Å². The second-order valence-corrected chi connectivity index (χ2v) is 5.81. The summed E-state index contributed by atoms with van der Waals surface area (Å²) < 4.78 is 6.65. The van der Waals surface area contributed by atoms with E-state index >= 15 is 0 Å². The Bertz CT molecular complexity index is 377. The van der Waals surface area contributed by atoms with Gasteiger partial charge in [0.2, 0.25) is 0 Å². The largest absolute Gasteiger partial charge is 0.496 e. The second kappa shape index (κ2) is 8.60. The molecular weight excluding hydrogens is 302 g/mol. The van der Waals surface area contributed by atoms with Gasteiger partial charge in [0, 0.05) is 16.1 Å². The molecule has 0 aromatic heterocycles. The molecule has 1 aromatic rings. The number of halogens is 1. The lowest BCUT2D eigenvalue weighted by Crippen LogP contribution is -2.29. The first-order valence-corrected chi connectivity index (χ1v) is 8.03. The van der Waals surface area contributed by atoms with Crippen molar-refractivity contribution in [1.29, 1.82) is 0 Å². The summed E-state index contributed by atoms with van der Waals surface area (Å²) in [5.41, 5.74) is 1.26. The minimum Gasteiger partial charge on any atom is -0.496 e. The van der Waals surface area contributed by atoms with Crippen LogP contribution in [0.4, 0.5) is 0 Å². The van der Waals surface area contributed by atoms with Crippen LogP contribution >= 0.6 is 15.9 Å². The fourth-order valence-corrected chi connectivity index (χ4v) is 2.92. The quantitative estimate of drug-likeness (QED) is 0.730. The van der Waals surface area contributed by atoms with Gasteiger partial charge in [-0.15, -0.1) is 0 Å². The molecule has 0 heterocycles. The number of benzene rings is 1. The van der Waals surface area contributed by atoms with Crippen molar-refractivity contribution < 1.29 is 4.74 Å². The third kappa shape index (κ3) is 4.50. The normalized spacial score (nSPS) is 12.7. The topological polar surface area (TPSA) is 21.3 Å². The van der Waals surface area contributed by atoms with Crippen molar-refractivity contribution in [3.05, 3.63) is 28.2 Å². The van der Waals surface area contributed by atoms with Crippen molar-refractivity contribution in [3.8, 4) is 5.75 Å². The van der Waals surface area contributed by atoms with Crippen LogP contribution in [0.1, 0.15) is 51.6 Å². The minimum absolute atomic E-state index is 0.363. The van der Waals surface area contributed by atoms with Gasteiger partial charge in [-0.2, -0.15) is 0 Å². The van der Waals surface area contributed by atoms with E-state index in [1.54, 1.807) is 7.11 Å². The molecule has 19 heavy (non-hydrogen) atoms. The highest BCUT2D eigenvalue weighted by Gasteiger charge is 2.23. The van der Waals surface area contributed by atoms with Crippen LogP contribution in [-0.2, 0) is 0 Å². The molecule has 1 aromatic carbocycles. The molecule has 0 amide bonds. The third-order valence-corrected chi connectivity index (χ3v) is 4.15. The Morgan fingerprint density at radius 1 is 1.21 bits per heavy atom. The van der Waals surface area contributed by atoms with E-state index in [-0.39, 0.29) is 0 Å². The molecule has 0 spiro atoms. The molecule has 1 N–H and O–H groups in total. The van der Waals surface area contributed by atoms with Crippen LogP contribution in [0.5, 0.6) is 5.75 Å². The maximum atomic E-state index is 5.54. The van der Waals surface area contributed by atoms with Crippen LogP contribution < -0.4 is 10.1 Å². The lowest BCUT2D eigenvalue weighted by atomic mass is 9.88. The summed E-state index contributed by atoms with van der Waals surface area (Å²) in [5, 5.41) is 3.69. The van der Waals surface area contributed by atoms with Crippen LogP contribution in [0, 0.1) is 5.92 Å². The monoisotopic (exact) mass is 327 g/mol. The molecule has 3 heteroatoms. The molecule has 1 unspecified atom stereocenters. The maximum Gasteiger partial charge on any atom is 0.123 e. The maximum absolute atomic E-state index is 5.54. The zero-order chi connectivity index (χ0) is 14.3. The van der Waals surface area contributed by atoms with Crippen molar-refractivity contribution in [2.24, 2.45) is 5.92 Å². The molecule has 108 valence electrons. The van der Waals surface area contributed by atoms with Crippen LogP contribution in [0.15, 0.2) is 22.7 Å². The molecule has 0 saturated heterocycles. The molecule has 0 aliphatic heterocycles.